The highest BCUT2D eigenvalue weighted by atomic mass is 32.1. The molecule has 1 aliphatic rings. The quantitative estimate of drug-likeness (QED) is 0.688. The van der Waals surface area contributed by atoms with Crippen LogP contribution in [-0.2, 0) is 4.74 Å². The molecule has 0 radical (unpaired) electrons. The second-order valence-corrected chi connectivity index (χ2v) is 4.61. The van der Waals surface area contributed by atoms with Crippen molar-refractivity contribution in [3.63, 3.8) is 0 Å². The number of pyridine rings is 1. The zero-order chi connectivity index (χ0) is 13.1. The Morgan fingerprint density at radius 2 is 2.32 bits per heavy atom. The number of rotatable bonds is 3. The van der Waals surface area contributed by atoms with E-state index in [1.54, 1.807) is 23.3 Å². The van der Waals surface area contributed by atoms with Gasteiger partial charge in [0.15, 0.2) is 5.82 Å². The number of nitrogens with zero attached hydrogens (tertiary/aromatic N) is 4. The van der Waals surface area contributed by atoms with E-state index >= 15 is 0 Å². The number of ether oxygens (including phenoxy) is 1. The Balaban J connectivity index is 1.90. The molecule has 0 amide bonds. The summed E-state index contributed by atoms with van der Waals surface area (Å²) in [6.07, 6.45) is 7.13. The average molecular weight is 275 g/mol. The second kappa shape index (κ2) is 5.41. The Labute approximate surface area is 115 Å². The molecule has 2 aromatic heterocycles. The van der Waals surface area contributed by atoms with Crippen molar-refractivity contribution in [2.24, 2.45) is 5.10 Å². The molecule has 1 saturated heterocycles. The van der Waals surface area contributed by atoms with Gasteiger partial charge in [-0.15, -0.1) is 0 Å². The number of aromatic nitrogens is 4. The molecule has 1 fully saturated rings. The summed E-state index contributed by atoms with van der Waals surface area (Å²) in [6, 6.07) is 3.75. The van der Waals surface area contributed by atoms with Crippen LogP contribution in [0.15, 0.2) is 29.6 Å². The van der Waals surface area contributed by atoms with Crippen LogP contribution in [0.25, 0.3) is 0 Å². The zero-order valence-electron chi connectivity index (χ0n) is 10.2. The van der Waals surface area contributed by atoms with Gasteiger partial charge in [0, 0.05) is 19.0 Å². The summed E-state index contributed by atoms with van der Waals surface area (Å²) in [5.41, 5.74) is 0.955. The van der Waals surface area contributed by atoms with Crippen LogP contribution in [0.2, 0.25) is 0 Å². The van der Waals surface area contributed by atoms with E-state index in [1.165, 1.54) is 0 Å². The third-order valence-corrected chi connectivity index (χ3v) is 3.19. The number of hydrogen-bond acceptors (Lipinski definition) is 5. The Morgan fingerprint density at radius 1 is 1.47 bits per heavy atom. The molecular weight excluding hydrogens is 262 g/mol. The average Bonchev–Trinajstić information content (AvgIpc) is 3.07. The molecule has 3 rings (SSSR count). The molecule has 0 aliphatic carbocycles. The standard InChI is InChI=1S/C12H13N5OS/c19-12-16-15-11(10-2-1-7-18-10)17(12)14-8-9-3-5-13-6-4-9/h3-6,8,10H,1-2,7H2,(H,16,19)/b14-8-/t10-/m1/s1. The minimum absolute atomic E-state index is 0.0254. The molecule has 1 N–H and O–H groups in total. The third kappa shape index (κ3) is 2.61. The number of nitrogens with one attached hydrogen (secondary N) is 1. The van der Waals surface area contributed by atoms with Crippen molar-refractivity contribution in [3.8, 4) is 0 Å². The number of hydrogen-bond donors (Lipinski definition) is 1. The van der Waals surface area contributed by atoms with E-state index in [9.17, 15) is 0 Å². The van der Waals surface area contributed by atoms with Gasteiger partial charge in [0.25, 0.3) is 0 Å². The molecule has 3 heterocycles. The smallest absolute Gasteiger partial charge is 0.216 e. The van der Waals surface area contributed by atoms with Crippen LogP contribution in [0.1, 0.15) is 30.3 Å². The molecule has 2 aromatic rings. The van der Waals surface area contributed by atoms with Crippen molar-refractivity contribution in [3.05, 3.63) is 40.7 Å². The van der Waals surface area contributed by atoms with Gasteiger partial charge in [0.1, 0.15) is 6.10 Å². The van der Waals surface area contributed by atoms with E-state index in [0.717, 1.165) is 30.8 Å². The summed E-state index contributed by atoms with van der Waals surface area (Å²) in [6.45, 7) is 0.762. The van der Waals surface area contributed by atoms with Crippen molar-refractivity contribution in [1.29, 1.82) is 0 Å². The van der Waals surface area contributed by atoms with E-state index in [4.69, 9.17) is 17.0 Å². The molecule has 6 nitrogen and oxygen atoms in total. The topological polar surface area (TPSA) is 68.1 Å². The van der Waals surface area contributed by atoms with Gasteiger partial charge < -0.3 is 4.74 Å². The van der Waals surface area contributed by atoms with Gasteiger partial charge in [-0.25, -0.2) is 0 Å². The summed E-state index contributed by atoms with van der Waals surface area (Å²) in [5.74, 6) is 0.729. The van der Waals surface area contributed by atoms with Crippen LogP contribution in [-0.4, -0.2) is 32.7 Å². The highest BCUT2D eigenvalue weighted by molar-refractivity contribution is 7.71. The Bertz CT molecular complexity index is 627. The van der Waals surface area contributed by atoms with Gasteiger partial charge >= 0.3 is 0 Å². The first-order valence-electron chi connectivity index (χ1n) is 6.08. The lowest BCUT2D eigenvalue weighted by molar-refractivity contribution is 0.102. The minimum atomic E-state index is -0.0254. The first-order chi connectivity index (χ1) is 9.34. The second-order valence-electron chi connectivity index (χ2n) is 4.23. The third-order valence-electron chi connectivity index (χ3n) is 2.92. The molecule has 0 spiro atoms. The van der Waals surface area contributed by atoms with Gasteiger partial charge in [-0.05, 0) is 42.8 Å². The maximum Gasteiger partial charge on any atom is 0.216 e. The zero-order valence-corrected chi connectivity index (χ0v) is 11.0. The molecule has 1 atom stereocenters. The lowest BCUT2D eigenvalue weighted by atomic mass is 10.2. The molecule has 0 bridgehead atoms. The minimum Gasteiger partial charge on any atom is -0.370 e. The first kappa shape index (κ1) is 12.2. The number of aromatic amines is 1. The van der Waals surface area contributed by atoms with E-state index < -0.39 is 0 Å². The number of H-pyrrole nitrogens is 1. The fraction of sp³-hybridized carbons (Fsp3) is 0.333. The van der Waals surface area contributed by atoms with Crippen molar-refractivity contribution < 1.29 is 4.74 Å². The summed E-state index contributed by atoms with van der Waals surface area (Å²) < 4.78 is 7.70. The van der Waals surface area contributed by atoms with Gasteiger partial charge in [0.2, 0.25) is 4.77 Å². The fourth-order valence-electron chi connectivity index (χ4n) is 1.98. The SMILES string of the molecule is S=c1[nH]nc([C@H]2CCCO2)n1/N=C\c1ccncc1. The van der Waals surface area contributed by atoms with Gasteiger partial charge in [-0.1, -0.05) is 0 Å². The van der Waals surface area contributed by atoms with Crippen LogP contribution >= 0.6 is 12.2 Å². The van der Waals surface area contributed by atoms with Gasteiger partial charge in [-0.3, -0.25) is 10.1 Å². The van der Waals surface area contributed by atoms with Crippen molar-refractivity contribution >= 4 is 18.4 Å². The summed E-state index contributed by atoms with van der Waals surface area (Å²) in [5, 5.41) is 11.3. The van der Waals surface area contributed by atoms with E-state index in [-0.39, 0.29) is 6.10 Å². The highest BCUT2D eigenvalue weighted by Gasteiger charge is 2.23. The van der Waals surface area contributed by atoms with Crippen molar-refractivity contribution in [1.82, 2.24) is 19.9 Å². The molecule has 0 unspecified atom stereocenters. The van der Waals surface area contributed by atoms with Crippen LogP contribution < -0.4 is 0 Å². The van der Waals surface area contributed by atoms with Crippen LogP contribution in [0.5, 0.6) is 0 Å². The predicted octanol–water partition coefficient (Wildman–Crippen LogP) is 2.07. The summed E-state index contributed by atoms with van der Waals surface area (Å²) in [4.78, 5) is 3.96. The molecule has 0 saturated carbocycles. The Kier molecular flexibility index (Phi) is 3.47. The largest absolute Gasteiger partial charge is 0.370 e. The first-order valence-corrected chi connectivity index (χ1v) is 6.49. The van der Waals surface area contributed by atoms with E-state index in [1.807, 2.05) is 12.1 Å². The lowest BCUT2D eigenvalue weighted by Gasteiger charge is -2.07. The van der Waals surface area contributed by atoms with E-state index in [2.05, 4.69) is 20.3 Å². The summed E-state index contributed by atoms with van der Waals surface area (Å²) >= 11 is 5.19. The summed E-state index contributed by atoms with van der Waals surface area (Å²) in [7, 11) is 0. The Hall–Kier alpha value is -1.86. The molecular formula is C12H13N5OS. The molecule has 1 aliphatic heterocycles. The van der Waals surface area contributed by atoms with E-state index in [0.29, 0.717) is 4.77 Å². The van der Waals surface area contributed by atoms with Crippen LogP contribution in [0.3, 0.4) is 0 Å². The normalized spacial score (nSPS) is 19.3. The van der Waals surface area contributed by atoms with Gasteiger partial charge in [0.05, 0.1) is 6.21 Å². The molecule has 98 valence electrons. The monoisotopic (exact) mass is 275 g/mol. The van der Waals surface area contributed by atoms with Crippen LogP contribution in [0.4, 0.5) is 0 Å². The maximum atomic E-state index is 5.61. The van der Waals surface area contributed by atoms with Gasteiger partial charge in [-0.2, -0.15) is 14.9 Å². The Morgan fingerprint density at radius 3 is 3.05 bits per heavy atom. The van der Waals surface area contributed by atoms with Crippen molar-refractivity contribution in [2.45, 2.75) is 18.9 Å². The lowest BCUT2D eigenvalue weighted by Crippen LogP contribution is -2.05. The predicted molar refractivity (Wildman–Crippen MR) is 72.6 cm³/mol. The molecule has 19 heavy (non-hydrogen) atoms. The fourth-order valence-corrected chi connectivity index (χ4v) is 2.17. The highest BCUT2D eigenvalue weighted by Crippen LogP contribution is 2.26. The molecule has 0 aromatic carbocycles. The maximum absolute atomic E-state index is 5.61. The van der Waals surface area contributed by atoms with Crippen LogP contribution in [0, 0.1) is 4.77 Å². The molecule has 7 heteroatoms. The van der Waals surface area contributed by atoms with Crippen molar-refractivity contribution in [2.75, 3.05) is 6.61 Å².